The molecule has 1 saturated heterocycles. The van der Waals surface area contributed by atoms with Gasteiger partial charge in [0.2, 0.25) is 0 Å². The van der Waals surface area contributed by atoms with E-state index in [2.05, 4.69) is 11.1 Å². The van der Waals surface area contributed by atoms with E-state index in [1.54, 1.807) is 12.0 Å². The van der Waals surface area contributed by atoms with Crippen LogP contribution in [0.3, 0.4) is 0 Å². The number of likely N-dealkylation sites (N-methyl/N-ethyl adjacent to an activating group) is 1. The molecule has 1 aliphatic heterocycles. The molecule has 0 radical (unpaired) electrons. The van der Waals surface area contributed by atoms with Gasteiger partial charge in [0.25, 0.3) is 0 Å². The van der Waals surface area contributed by atoms with Crippen molar-refractivity contribution in [3.63, 3.8) is 0 Å². The third kappa shape index (κ3) is 2.83. The summed E-state index contributed by atoms with van der Waals surface area (Å²) in [7, 11) is 1.72. The molecule has 3 nitrogen and oxygen atoms in total. The number of rotatable bonds is 4. The molecule has 0 amide bonds. The summed E-state index contributed by atoms with van der Waals surface area (Å²) in [6, 6.07) is 6.23. The van der Waals surface area contributed by atoms with Crippen LogP contribution in [-0.2, 0) is 6.42 Å². The molecule has 1 N–H and O–H groups in total. The molecule has 3 heteroatoms. The number of hydrogen-bond acceptors (Lipinski definition) is 2. The SMILES string of the molecule is [2H]C([2H])([2H])N1CCC[C@@H]1Cc1c(C2CCCCC2)[nH]c2cccc(OC)c12. The lowest BCUT2D eigenvalue weighted by molar-refractivity contribution is 0.308. The Morgan fingerprint density at radius 2 is 2.08 bits per heavy atom. The zero-order valence-corrected chi connectivity index (χ0v) is 14.6. The minimum absolute atomic E-state index is 0.0729. The number of nitrogens with zero attached hydrogens (tertiary/aromatic N) is 1. The predicted octanol–water partition coefficient (Wildman–Crippen LogP) is 4.86. The van der Waals surface area contributed by atoms with Crippen LogP contribution in [-0.4, -0.2) is 36.6 Å². The highest BCUT2D eigenvalue weighted by molar-refractivity contribution is 5.91. The zero-order chi connectivity index (χ0) is 19.0. The number of aromatic amines is 1. The number of benzene rings is 1. The molecule has 1 saturated carbocycles. The molecule has 24 heavy (non-hydrogen) atoms. The Balaban J connectivity index is 1.77. The molecule has 2 aromatic rings. The van der Waals surface area contributed by atoms with Crippen LogP contribution in [0.15, 0.2) is 18.2 Å². The second-order valence-corrected chi connectivity index (χ2v) is 7.43. The quantitative estimate of drug-likeness (QED) is 0.867. The van der Waals surface area contributed by atoms with Gasteiger partial charge in [0.05, 0.1) is 7.11 Å². The molecule has 1 aromatic heterocycles. The molecule has 1 aliphatic carbocycles. The Labute approximate surface area is 149 Å². The van der Waals surface area contributed by atoms with Gasteiger partial charge in [-0.3, -0.25) is 0 Å². The lowest BCUT2D eigenvalue weighted by Crippen LogP contribution is -2.27. The van der Waals surface area contributed by atoms with Crippen LogP contribution < -0.4 is 4.74 Å². The number of likely N-dealkylation sites (tertiary alicyclic amines) is 1. The summed E-state index contributed by atoms with van der Waals surface area (Å²) >= 11 is 0. The summed E-state index contributed by atoms with van der Waals surface area (Å²) < 4.78 is 29.4. The van der Waals surface area contributed by atoms with E-state index in [1.807, 2.05) is 12.1 Å². The van der Waals surface area contributed by atoms with Gasteiger partial charge in [-0.05, 0) is 69.2 Å². The number of ether oxygens (including phenoxy) is 1. The maximum absolute atomic E-state index is 7.91. The average molecular weight is 330 g/mol. The van der Waals surface area contributed by atoms with Gasteiger partial charge < -0.3 is 14.6 Å². The smallest absolute Gasteiger partial charge is 0.128 e. The van der Waals surface area contributed by atoms with Crippen LogP contribution in [0.2, 0.25) is 0 Å². The minimum Gasteiger partial charge on any atom is -0.496 e. The normalized spacial score (nSPS) is 25.5. The van der Waals surface area contributed by atoms with Crippen LogP contribution >= 0.6 is 0 Å². The van der Waals surface area contributed by atoms with Crippen LogP contribution in [0.25, 0.3) is 10.9 Å². The lowest BCUT2D eigenvalue weighted by Gasteiger charge is -2.25. The fourth-order valence-electron chi connectivity index (χ4n) is 4.71. The molecule has 2 heterocycles. The van der Waals surface area contributed by atoms with E-state index in [9.17, 15) is 0 Å². The predicted molar refractivity (Wildman–Crippen MR) is 100 cm³/mol. The van der Waals surface area contributed by atoms with Crippen LogP contribution in [0.5, 0.6) is 5.75 Å². The first-order chi connectivity index (χ1) is 13.0. The van der Waals surface area contributed by atoms with E-state index in [-0.39, 0.29) is 6.04 Å². The molecule has 1 aromatic carbocycles. The standard InChI is InChI=1S/C21H30N2O/c1-23-13-7-10-16(23)14-17-20-18(11-6-12-19(20)24-2)22-21(17)15-8-4-3-5-9-15/h6,11-12,15-16,22H,3-5,7-10,13-14H2,1-2H3/t16-/m1/s1/i1D3. The molecular weight excluding hydrogens is 296 g/mol. The van der Waals surface area contributed by atoms with Gasteiger partial charge in [0.1, 0.15) is 5.75 Å². The van der Waals surface area contributed by atoms with Crippen molar-refractivity contribution in [2.75, 3.05) is 20.6 Å². The second-order valence-electron chi connectivity index (χ2n) is 7.43. The van der Waals surface area contributed by atoms with Gasteiger partial charge in [0, 0.05) is 26.8 Å². The van der Waals surface area contributed by atoms with Crippen molar-refractivity contribution >= 4 is 10.9 Å². The van der Waals surface area contributed by atoms with E-state index in [4.69, 9.17) is 8.85 Å². The first kappa shape index (κ1) is 12.8. The highest BCUT2D eigenvalue weighted by atomic mass is 16.5. The molecule has 0 unspecified atom stereocenters. The second kappa shape index (κ2) is 6.79. The van der Waals surface area contributed by atoms with Crippen molar-refractivity contribution in [3.8, 4) is 5.75 Å². The van der Waals surface area contributed by atoms with Crippen molar-refractivity contribution in [3.05, 3.63) is 29.5 Å². The molecule has 130 valence electrons. The summed E-state index contributed by atoms with van der Waals surface area (Å²) in [5.41, 5.74) is 3.73. The number of fused-ring (bicyclic) bond motifs is 1. The topological polar surface area (TPSA) is 28.3 Å². The summed E-state index contributed by atoms with van der Waals surface area (Å²) in [6.07, 6.45) is 9.01. The Hall–Kier alpha value is -1.48. The van der Waals surface area contributed by atoms with Crippen molar-refractivity contribution in [1.82, 2.24) is 9.88 Å². The van der Waals surface area contributed by atoms with Crippen LogP contribution in [0.4, 0.5) is 0 Å². The summed E-state index contributed by atoms with van der Waals surface area (Å²) in [6.45, 7) is -1.35. The average Bonchev–Trinajstić information content (AvgIpc) is 3.27. The van der Waals surface area contributed by atoms with Gasteiger partial charge in [-0.2, -0.15) is 0 Å². The fraction of sp³-hybridized carbons (Fsp3) is 0.619. The number of hydrogen-bond donors (Lipinski definition) is 1. The Morgan fingerprint density at radius 1 is 1.21 bits per heavy atom. The third-order valence-electron chi connectivity index (χ3n) is 5.97. The number of H-pyrrole nitrogens is 1. The third-order valence-corrected chi connectivity index (χ3v) is 5.97. The van der Waals surface area contributed by atoms with E-state index in [1.165, 1.54) is 43.4 Å². The van der Waals surface area contributed by atoms with Crippen molar-refractivity contribution in [2.45, 2.75) is 63.3 Å². The lowest BCUT2D eigenvalue weighted by atomic mass is 9.84. The molecule has 2 fully saturated rings. The van der Waals surface area contributed by atoms with Gasteiger partial charge in [0.15, 0.2) is 0 Å². The first-order valence-electron chi connectivity index (χ1n) is 10.9. The fourth-order valence-corrected chi connectivity index (χ4v) is 4.71. The van der Waals surface area contributed by atoms with Crippen LogP contribution in [0, 0.1) is 0 Å². The molecular formula is C21H30N2O. The van der Waals surface area contributed by atoms with E-state index >= 15 is 0 Å². The molecule has 1 atom stereocenters. The zero-order valence-electron chi connectivity index (χ0n) is 17.6. The molecule has 0 bridgehead atoms. The monoisotopic (exact) mass is 329 g/mol. The largest absolute Gasteiger partial charge is 0.496 e. The molecule has 2 aliphatic rings. The van der Waals surface area contributed by atoms with Crippen LogP contribution in [0.1, 0.15) is 66.2 Å². The first-order valence-corrected chi connectivity index (χ1v) is 9.43. The van der Waals surface area contributed by atoms with Gasteiger partial charge in [-0.25, -0.2) is 0 Å². The summed E-state index contributed by atoms with van der Waals surface area (Å²) in [5, 5.41) is 1.15. The summed E-state index contributed by atoms with van der Waals surface area (Å²) in [4.78, 5) is 5.43. The maximum Gasteiger partial charge on any atom is 0.128 e. The van der Waals surface area contributed by atoms with Crippen molar-refractivity contribution < 1.29 is 8.85 Å². The highest BCUT2D eigenvalue weighted by Gasteiger charge is 2.28. The Bertz CT molecular complexity index is 793. The number of methoxy groups -OCH3 is 1. The summed E-state index contributed by atoms with van der Waals surface area (Å²) in [5.74, 6) is 1.44. The van der Waals surface area contributed by atoms with Crippen molar-refractivity contribution in [2.24, 2.45) is 0 Å². The Morgan fingerprint density at radius 3 is 2.88 bits per heavy atom. The van der Waals surface area contributed by atoms with Gasteiger partial charge >= 0.3 is 0 Å². The van der Waals surface area contributed by atoms with E-state index in [0.29, 0.717) is 12.5 Å². The molecule has 0 spiro atoms. The number of aromatic nitrogens is 1. The maximum atomic E-state index is 7.91. The van der Waals surface area contributed by atoms with Gasteiger partial charge in [-0.1, -0.05) is 25.3 Å². The van der Waals surface area contributed by atoms with E-state index in [0.717, 1.165) is 35.9 Å². The minimum atomic E-state index is -2.01. The number of nitrogens with one attached hydrogen (secondary N) is 1. The van der Waals surface area contributed by atoms with E-state index < -0.39 is 6.98 Å². The highest BCUT2D eigenvalue weighted by Crippen LogP contribution is 2.40. The van der Waals surface area contributed by atoms with Crippen molar-refractivity contribution in [1.29, 1.82) is 0 Å². The van der Waals surface area contributed by atoms with Gasteiger partial charge in [-0.15, -0.1) is 0 Å². The Kier molecular flexibility index (Phi) is 3.63. The molecule has 4 rings (SSSR count).